The Morgan fingerprint density at radius 1 is 1.28 bits per heavy atom. The van der Waals surface area contributed by atoms with Gasteiger partial charge >= 0.3 is 0 Å². The SMILES string of the molecule is COc1ccc(CN2CCCC(C)C2)c(OC)c1. The number of hydrogen-bond donors (Lipinski definition) is 0. The van der Waals surface area contributed by atoms with Crippen LogP contribution in [0.15, 0.2) is 18.2 Å². The van der Waals surface area contributed by atoms with Gasteiger partial charge in [0.2, 0.25) is 0 Å². The number of likely N-dealkylation sites (tertiary alicyclic amines) is 1. The van der Waals surface area contributed by atoms with E-state index in [1.807, 2.05) is 12.1 Å². The zero-order valence-corrected chi connectivity index (χ0v) is 11.6. The summed E-state index contributed by atoms with van der Waals surface area (Å²) in [6.07, 6.45) is 2.66. The van der Waals surface area contributed by atoms with E-state index in [9.17, 15) is 0 Å². The Balaban J connectivity index is 2.08. The molecule has 1 fully saturated rings. The molecule has 0 radical (unpaired) electrons. The number of ether oxygens (including phenoxy) is 2. The lowest BCUT2D eigenvalue weighted by Gasteiger charge is -2.31. The van der Waals surface area contributed by atoms with E-state index in [2.05, 4.69) is 17.9 Å². The number of piperidine rings is 1. The molecule has 0 spiro atoms. The van der Waals surface area contributed by atoms with Crippen LogP contribution in [0, 0.1) is 5.92 Å². The maximum absolute atomic E-state index is 5.45. The molecule has 1 unspecified atom stereocenters. The molecule has 18 heavy (non-hydrogen) atoms. The molecule has 3 heteroatoms. The molecule has 1 atom stereocenters. The largest absolute Gasteiger partial charge is 0.497 e. The fourth-order valence-corrected chi connectivity index (χ4v) is 2.65. The average Bonchev–Trinajstić information content (AvgIpc) is 2.39. The van der Waals surface area contributed by atoms with Crippen LogP contribution in [0.25, 0.3) is 0 Å². The van der Waals surface area contributed by atoms with Crippen molar-refractivity contribution in [2.45, 2.75) is 26.3 Å². The van der Waals surface area contributed by atoms with Crippen molar-refractivity contribution < 1.29 is 9.47 Å². The Kier molecular flexibility index (Phi) is 4.48. The second-order valence-corrected chi connectivity index (χ2v) is 5.16. The van der Waals surface area contributed by atoms with Crippen molar-refractivity contribution in [2.75, 3.05) is 27.3 Å². The summed E-state index contributed by atoms with van der Waals surface area (Å²) in [5.41, 5.74) is 1.24. The predicted octanol–water partition coefficient (Wildman–Crippen LogP) is 2.94. The van der Waals surface area contributed by atoms with E-state index in [0.29, 0.717) is 0 Å². The molecule has 0 amide bonds. The molecule has 0 saturated carbocycles. The first kappa shape index (κ1) is 13.2. The van der Waals surface area contributed by atoms with Gasteiger partial charge in [0, 0.05) is 24.7 Å². The second-order valence-electron chi connectivity index (χ2n) is 5.16. The Morgan fingerprint density at radius 2 is 2.11 bits per heavy atom. The van der Waals surface area contributed by atoms with E-state index in [1.54, 1.807) is 14.2 Å². The third-order valence-electron chi connectivity index (χ3n) is 3.63. The second kappa shape index (κ2) is 6.10. The molecule has 2 rings (SSSR count). The Labute approximate surface area is 110 Å². The van der Waals surface area contributed by atoms with Gasteiger partial charge in [0.05, 0.1) is 14.2 Å². The number of benzene rings is 1. The third kappa shape index (κ3) is 3.16. The molecule has 0 bridgehead atoms. The normalized spacial score (nSPS) is 20.7. The van der Waals surface area contributed by atoms with Gasteiger partial charge < -0.3 is 9.47 Å². The van der Waals surface area contributed by atoms with Crippen molar-refractivity contribution in [1.82, 2.24) is 4.90 Å². The van der Waals surface area contributed by atoms with E-state index < -0.39 is 0 Å². The molecule has 0 aromatic heterocycles. The fourth-order valence-electron chi connectivity index (χ4n) is 2.65. The first-order chi connectivity index (χ1) is 8.72. The highest BCUT2D eigenvalue weighted by Crippen LogP contribution is 2.27. The van der Waals surface area contributed by atoms with Crippen LogP contribution >= 0.6 is 0 Å². The van der Waals surface area contributed by atoms with Crippen molar-refractivity contribution >= 4 is 0 Å². The molecule has 0 N–H and O–H groups in total. The molecule has 0 aliphatic carbocycles. The molecule has 1 aliphatic heterocycles. The van der Waals surface area contributed by atoms with Gasteiger partial charge in [-0.25, -0.2) is 0 Å². The summed E-state index contributed by atoms with van der Waals surface area (Å²) >= 11 is 0. The highest BCUT2D eigenvalue weighted by Gasteiger charge is 2.17. The van der Waals surface area contributed by atoms with Crippen molar-refractivity contribution in [1.29, 1.82) is 0 Å². The molecular formula is C15H23NO2. The first-order valence-corrected chi connectivity index (χ1v) is 6.66. The van der Waals surface area contributed by atoms with E-state index >= 15 is 0 Å². The molecule has 3 nitrogen and oxygen atoms in total. The summed E-state index contributed by atoms with van der Waals surface area (Å²) < 4.78 is 10.7. The Morgan fingerprint density at radius 3 is 2.78 bits per heavy atom. The minimum atomic E-state index is 0.808. The smallest absolute Gasteiger partial charge is 0.127 e. The maximum atomic E-state index is 5.45. The molecular weight excluding hydrogens is 226 g/mol. The first-order valence-electron chi connectivity index (χ1n) is 6.66. The third-order valence-corrected chi connectivity index (χ3v) is 3.63. The van der Waals surface area contributed by atoms with Crippen LogP contribution in [0.3, 0.4) is 0 Å². The van der Waals surface area contributed by atoms with Gasteiger partial charge in [-0.15, -0.1) is 0 Å². The fraction of sp³-hybridized carbons (Fsp3) is 0.600. The van der Waals surface area contributed by atoms with Crippen LogP contribution in [0.1, 0.15) is 25.3 Å². The van der Waals surface area contributed by atoms with Crippen LogP contribution in [-0.4, -0.2) is 32.2 Å². The standard InChI is InChI=1S/C15H23NO2/c1-12-5-4-8-16(10-12)11-13-6-7-14(17-2)9-15(13)18-3/h6-7,9,12H,4-5,8,10-11H2,1-3H3. The lowest BCUT2D eigenvalue weighted by Crippen LogP contribution is -2.33. The number of rotatable bonds is 4. The van der Waals surface area contributed by atoms with Gasteiger partial charge in [-0.3, -0.25) is 4.90 Å². The van der Waals surface area contributed by atoms with Crippen LogP contribution < -0.4 is 9.47 Å². The van der Waals surface area contributed by atoms with E-state index in [4.69, 9.17) is 9.47 Å². The minimum absolute atomic E-state index is 0.808. The number of methoxy groups -OCH3 is 2. The van der Waals surface area contributed by atoms with Crippen molar-refractivity contribution in [3.05, 3.63) is 23.8 Å². The van der Waals surface area contributed by atoms with Gasteiger partial charge in [-0.05, 0) is 31.4 Å². The molecule has 1 saturated heterocycles. The van der Waals surface area contributed by atoms with Crippen molar-refractivity contribution in [3.63, 3.8) is 0 Å². The highest BCUT2D eigenvalue weighted by atomic mass is 16.5. The monoisotopic (exact) mass is 249 g/mol. The average molecular weight is 249 g/mol. The summed E-state index contributed by atoms with van der Waals surface area (Å²) in [5.74, 6) is 2.58. The molecule has 1 heterocycles. The zero-order valence-electron chi connectivity index (χ0n) is 11.6. The maximum Gasteiger partial charge on any atom is 0.127 e. The van der Waals surface area contributed by atoms with Gasteiger partial charge in [0.25, 0.3) is 0 Å². The number of nitrogens with zero attached hydrogens (tertiary/aromatic N) is 1. The molecule has 1 aromatic carbocycles. The number of hydrogen-bond acceptors (Lipinski definition) is 3. The van der Waals surface area contributed by atoms with Gasteiger partial charge in [-0.2, -0.15) is 0 Å². The lowest BCUT2D eigenvalue weighted by atomic mass is 9.99. The van der Waals surface area contributed by atoms with Crippen molar-refractivity contribution in [3.8, 4) is 11.5 Å². The Hall–Kier alpha value is -1.22. The minimum Gasteiger partial charge on any atom is -0.497 e. The van der Waals surface area contributed by atoms with Crippen LogP contribution in [-0.2, 0) is 6.54 Å². The molecule has 1 aromatic rings. The summed E-state index contributed by atoms with van der Waals surface area (Å²) in [6.45, 7) is 5.68. The van der Waals surface area contributed by atoms with Crippen LogP contribution in [0.2, 0.25) is 0 Å². The summed E-state index contributed by atoms with van der Waals surface area (Å²) in [5, 5.41) is 0. The summed E-state index contributed by atoms with van der Waals surface area (Å²) in [4.78, 5) is 2.51. The summed E-state index contributed by atoms with van der Waals surface area (Å²) in [6, 6.07) is 6.07. The molecule has 1 aliphatic rings. The van der Waals surface area contributed by atoms with Gasteiger partial charge in [-0.1, -0.05) is 13.0 Å². The summed E-state index contributed by atoms with van der Waals surface area (Å²) in [7, 11) is 3.40. The quantitative estimate of drug-likeness (QED) is 0.819. The lowest BCUT2D eigenvalue weighted by molar-refractivity contribution is 0.175. The van der Waals surface area contributed by atoms with E-state index in [-0.39, 0.29) is 0 Å². The topological polar surface area (TPSA) is 21.7 Å². The van der Waals surface area contributed by atoms with Crippen LogP contribution in [0.5, 0.6) is 11.5 Å². The van der Waals surface area contributed by atoms with E-state index in [0.717, 1.165) is 24.0 Å². The Bertz CT molecular complexity index is 392. The van der Waals surface area contributed by atoms with Gasteiger partial charge in [0.15, 0.2) is 0 Å². The zero-order chi connectivity index (χ0) is 13.0. The highest BCUT2D eigenvalue weighted by molar-refractivity contribution is 5.40. The predicted molar refractivity (Wildman–Crippen MR) is 73.2 cm³/mol. The molecule has 100 valence electrons. The van der Waals surface area contributed by atoms with E-state index in [1.165, 1.54) is 31.5 Å². The van der Waals surface area contributed by atoms with Crippen LogP contribution in [0.4, 0.5) is 0 Å². The van der Waals surface area contributed by atoms with Gasteiger partial charge in [0.1, 0.15) is 11.5 Å². The van der Waals surface area contributed by atoms with Crippen molar-refractivity contribution in [2.24, 2.45) is 5.92 Å².